The Hall–Kier alpha value is -2.07. The zero-order chi connectivity index (χ0) is 17.6. The molecule has 0 heterocycles. The van der Waals surface area contributed by atoms with Crippen molar-refractivity contribution in [3.8, 4) is 5.75 Å². The second kappa shape index (κ2) is 8.34. The first kappa shape index (κ1) is 17.7. The van der Waals surface area contributed by atoms with E-state index in [4.69, 9.17) is 16.3 Å². The second-order valence-electron chi connectivity index (χ2n) is 6.12. The van der Waals surface area contributed by atoms with Crippen LogP contribution >= 0.6 is 11.6 Å². The van der Waals surface area contributed by atoms with Crippen molar-refractivity contribution < 1.29 is 9.84 Å². The van der Waals surface area contributed by atoms with Gasteiger partial charge in [-0.05, 0) is 29.8 Å². The first-order valence-electron chi connectivity index (χ1n) is 8.41. The molecule has 0 saturated heterocycles. The highest BCUT2D eigenvalue weighted by atomic mass is 35.5. The van der Waals surface area contributed by atoms with Gasteiger partial charge in [-0.3, -0.25) is 0 Å². The quantitative estimate of drug-likeness (QED) is 0.653. The van der Waals surface area contributed by atoms with Gasteiger partial charge in [-0.1, -0.05) is 60.1 Å². The van der Waals surface area contributed by atoms with E-state index in [1.54, 1.807) is 6.92 Å². The van der Waals surface area contributed by atoms with Crippen molar-refractivity contribution in [3.05, 3.63) is 76.8 Å². The van der Waals surface area contributed by atoms with E-state index < -0.39 is 0 Å². The van der Waals surface area contributed by atoms with Crippen LogP contribution in [0.15, 0.2) is 60.7 Å². The molecule has 25 heavy (non-hydrogen) atoms. The van der Waals surface area contributed by atoms with Gasteiger partial charge in [0.1, 0.15) is 12.4 Å². The van der Waals surface area contributed by atoms with Crippen molar-refractivity contribution in [2.45, 2.75) is 26.2 Å². The molecule has 0 amide bonds. The topological polar surface area (TPSA) is 41.5 Å². The second-order valence-corrected chi connectivity index (χ2v) is 6.53. The van der Waals surface area contributed by atoms with E-state index >= 15 is 0 Å². The van der Waals surface area contributed by atoms with Gasteiger partial charge in [-0.2, -0.15) is 0 Å². The number of hydrogen-bond donors (Lipinski definition) is 2. The van der Waals surface area contributed by atoms with Gasteiger partial charge in [0, 0.05) is 29.2 Å². The molecule has 0 spiro atoms. The first-order chi connectivity index (χ1) is 12.1. The van der Waals surface area contributed by atoms with Crippen LogP contribution in [-0.2, 0) is 13.2 Å². The van der Waals surface area contributed by atoms with E-state index in [1.165, 1.54) is 5.39 Å². The summed E-state index contributed by atoms with van der Waals surface area (Å²) in [6, 6.07) is 20.0. The summed E-state index contributed by atoms with van der Waals surface area (Å²) in [5, 5.41) is 15.8. The molecule has 0 aliphatic carbocycles. The molecular formula is C21H22ClNO2. The van der Waals surface area contributed by atoms with Crippen LogP contribution < -0.4 is 10.1 Å². The van der Waals surface area contributed by atoms with Crippen LogP contribution in [0.3, 0.4) is 0 Å². The Balaban J connectivity index is 1.86. The Bertz CT molecular complexity index is 848. The van der Waals surface area contributed by atoms with E-state index in [0.717, 1.165) is 22.3 Å². The molecule has 0 fully saturated rings. The molecular weight excluding hydrogens is 334 g/mol. The highest BCUT2D eigenvalue weighted by molar-refractivity contribution is 6.31. The van der Waals surface area contributed by atoms with Crippen molar-refractivity contribution >= 4 is 22.4 Å². The van der Waals surface area contributed by atoms with Gasteiger partial charge < -0.3 is 15.2 Å². The molecule has 0 aliphatic heterocycles. The van der Waals surface area contributed by atoms with Crippen LogP contribution in [0.2, 0.25) is 5.02 Å². The zero-order valence-electron chi connectivity index (χ0n) is 14.2. The van der Waals surface area contributed by atoms with E-state index in [0.29, 0.717) is 24.7 Å². The van der Waals surface area contributed by atoms with Crippen molar-refractivity contribution in [2.75, 3.05) is 6.54 Å². The molecule has 1 atom stereocenters. The molecule has 0 radical (unpaired) electrons. The van der Waals surface area contributed by atoms with E-state index in [2.05, 4.69) is 23.5 Å². The lowest BCUT2D eigenvalue weighted by atomic mass is 10.0. The van der Waals surface area contributed by atoms with Gasteiger partial charge in [0.15, 0.2) is 0 Å². The average molecular weight is 356 g/mol. The monoisotopic (exact) mass is 355 g/mol. The number of ether oxygens (including phenoxy) is 1. The number of aliphatic hydroxyl groups is 1. The number of benzene rings is 3. The van der Waals surface area contributed by atoms with Crippen LogP contribution in [0.25, 0.3) is 10.8 Å². The van der Waals surface area contributed by atoms with Gasteiger partial charge in [-0.25, -0.2) is 0 Å². The summed E-state index contributed by atoms with van der Waals surface area (Å²) >= 11 is 6.22. The fraction of sp³-hybridized carbons (Fsp3) is 0.238. The number of rotatable bonds is 7. The van der Waals surface area contributed by atoms with E-state index in [-0.39, 0.29) is 6.10 Å². The Morgan fingerprint density at radius 2 is 1.80 bits per heavy atom. The van der Waals surface area contributed by atoms with Crippen LogP contribution in [0.4, 0.5) is 0 Å². The maximum absolute atomic E-state index is 9.49. The predicted octanol–water partition coefficient (Wildman–Crippen LogP) is 4.54. The summed E-state index contributed by atoms with van der Waals surface area (Å²) in [5.41, 5.74) is 2.05. The standard InChI is InChI=1S/C21H22ClNO2/c1-15(24)12-23-13-19-18-8-4-2-6-16(18)10-11-21(19)25-14-17-7-3-5-9-20(17)22/h2-11,15,23-24H,12-14H2,1H3/t15-/m1/s1. The lowest BCUT2D eigenvalue weighted by Crippen LogP contribution is -2.24. The molecule has 4 heteroatoms. The summed E-state index contributed by atoms with van der Waals surface area (Å²) < 4.78 is 6.08. The Labute approximate surface area is 153 Å². The normalized spacial score (nSPS) is 12.3. The smallest absolute Gasteiger partial charge is 0.124 e. The highest BCUT2D eigenvalue weighted by Crippen LogP contribution is 2.29. The van der Waals surface area contributed by atoms with Crippen LogP contribution in [-0.4, -0.2) is 17.8 Å². The van der Waals surface area contributed by atoms with Gasteiger partial charge in [0.05, 0.1) is 6.10 Å². The zero-order valence-corrected chi connectivity index (χ0v) is 15.0. The number of aliphatic hydroxyl groups excluding tert-OH is 1. The number of hydrogen-bond acceptors (Lipinski definition) is 3. The molecule has 3 rings (SSSR count). The largest absolute Gasteiger partial charge is 0.488 e. The third kappa shape index (κ3) is 4.51. The molecule has 3 nitrogen and oxygen atoms in total. The molecule has 0 bridgehead atoms. The molecule has 3 aromatic rings. The fourth-order valence-electron chi connectivity index (χ4n) is 2.81. The summed E-state index contributed by atoms with van der Waals surface area (Å²) in [5.74, 6) is 0.830. The van der Waals surface area contributed by atoms with Crippen LogP contribution in [0, 0.1) is 0 Å². The minimum absolute atomic E-state index is 0.387. The lowest BCUT2D eigenvalue weighted by Gasteiger charge is -2.16. The molecule has 0 unspecified atom stereocenters. The van der Waals surface area contributed by atoms with E-state index in [1.807, 2.05) is 42.5 Å². The van der Waals surface area contributed by atoms with Gasteiger partial charge in [0.25, 0.3) is 0 Å². The van der Waals surface area contributed by atoms with Gasteiger partial charge in [0.2, 0.25) is 0 Å². The summed E-state index contributed by atoms with van der Waals surface area (Å²) in [7, 11) is 0. The highest BCUT2D eigenvalue weighted by Gasteiger charge is 2.10. The van der Waals surface area contributed by atoms with Crippen LogP contribution in [0.5, 0.6) is 5.75 Å². The van der Waals surface area contributed by atoms with Crippen molar-refractivity contribution in [2.24, 2.45) is 0 Å². The molecule has 3 aromatic carbocycles. The third-order valence-electron chi connectivity index (χ3n) is 4.08. The molecule has 0 aromatic heterocycles. The van der Waals surface area contributed by atoms with Crippen molar-refractivity contribution in [1.29, 1.82) is 0 Å². The minimum Gasteiger partial charge on any atom is -0.488 e. The first-order valence-corrected chi connectivity index (χ1v) is 8.78. The fourth-order valence-corrected chi connectivity index (χ4v) is 3.00. The van der Waals surface area contributed by atoms with Crippen molar-refractivity contribution in [1.82, 2.24) is 5.32 Å². The maximum Gasteiger partial charge on any atom is 0.124 e. The SMILES string of the molecule is C[C@@H](O)CNCc1c(OCc2ccccc2Cl)ccc2ccccc12. The number of fused-ring (bicyclic) bond motifs is 1. The Kier molecular flexibility index (Phi) is 5.92. The Morgan fingerprint density at radius 3 is 2.60 bits per heavy atom. The minimum atomic E-state index is -0.387. The molecule has 0 aliphatic rings. The number of halogens is 1. The third-order valence-corrected chi connectivity index (χ3v) is 4.45. The summed E-state index contributed by atoms with van der Waals surface area (Å²) in [6.07, 6.45) is -0.387. The van der Waals surface area contributed by atoms with Crippen molar-refractivity contribution in [3.63, 3.8) is 0 Å². The van der Waals surface area contributed by atoms with Gasteiger partial charge >= 0.3 is 0 Å². The van der Waals surface area contributed by atoms with Gasteiger partial charge in [-0.15, -0.1) is 0 Å². The molecule has 2 N–H and O–H groups in total. The number of nitrogens with one attached hydrogen (secondary N) is 1. The average Bonchev–Trinajstić information content (AvgIpc) is 2.61. The maximum atomic E-state index is 9.49. The Morgan fingerprint density at radius 1 is 1.04 bits per heavy atom. The lowest BCUT2D eigenvalue weighted by molar-refractivity contribution is 0.190. The predicted molar refractivity (Wildman–Crippen MR) is 103 cm³/mol. The van der Waals surface area contributed by atoms with Crippen LogP contribution in [0.1, 0.15) is 18.1 Å². The summed E-state index contributed by atoms with van der Waals surface area (Å²) in [4.78, 5) is 0. The molecule has 0 saturated carbocycles. The van der Waals surface area contributed by atoms with E-state index in [9.17, 15) is 5.11 Å². The summed E-state index contributed by atoms with van der Waals surface area (Å²) in [6.45, 7) is 3.35. The molecule has 130 valence electrons.